The van der Waals surface area contributed by atoms with Gasteiger partial charge in [0.05, 0.1) is 34.9 Å². The molecule has 0 fully saturated rings. The fourth-order valence-corrected chi connectivity index (χ4v) is 5.07. The molecule has 1 aliphatic heterocycles. The summed E-state index contributed by atoms with van der Waals surface area (Å²) in [5.74, 6) is -0.765. The fraction of sp³-hybridized carbons (Fsp3) is 0.346. The second kappa shape index (κ2) is 12.0. The predicted molar refractivity (Wildman–Crippen MR) is 151 cm³/mol. The third kappa shape index (κ3) is 7.01. The highest BCUT2D eigenvalue weighted by Crippen LogP contribution is 2.37. The van der Waals surface area contributed by atoms with Crippen LogP contribution in [0.3, 0.4) is 0 Å². The van der Waals surface area contributed by atoms with Crippen molar-refractivity contribution >= 4 is 55.6 Å². The Balaban J connectivity index is 1.78. The number of nitrogens with zero attached hydrogens (tertiary/aromatic N) is 4. The number of aryl methyl sites for hydroxylation is 1. The number of methoxy groups -OCH3 is 1. The normalized spacial score (nSPS) is 14.9. The van der Waals surface area contributed by atoms with Gasteiger partial charge in [0, 0.05) is 28.3 Å². The average molecular weight is 670 g/mol. The number of benzene rings is 1. The number of fused-ring (bicyclic) bond motifs is 3. The third-order valence-corrected chi connectivity index (χ3v) is 7.77. The van der Waals surface area contributed by atoms with Gasteiger partial charge in [0.2, 0.25) is 5.60 Å². The Bertz CT molecular complexity index is 1650. The largest absolute Gasteiger partial charge is 0.466 e. The summed E-state index contributed by atoms with van der Waals surface area (Å²) in [6, 6.07) is 7.77. The predicted octanol–water partition coefficient (Wildman–Crippen LogP) is 4.48. The van der Waals surface area contributed by atoms with E-state index in [-0.39, 0.29) is 18.5 Å². The summed E-state index contributed by atoms with van der Waals surface area (Å²) < 4.78 is 48.3. The van der Waals surface area contributed by atoms with Crippen molar-refractivity contribution in [2.45, 2.75) is 51.9 Å². The summed E-state index contributed by atoms with van der Waals surface area (Å²) in [6.45, 7) is 4.26. The Hall–Kier alpha value is -3.17. The number of carbonyl (C=O) groups is 2. The molecule has 0 saturated heterocycles. The Morgan fingerprint density at radius 3 is 2.66 bits per heavy atom. The number of rotatable bonds is 9. The summed E-state index contributed by atoms with van der Waals surface area (Å²) in [7, 11) is -3.47. The summed E-state index contributed by atoms with van der Waals surface area (Å²) in [5, 5.41) is 0.442. The van der Waals surface area contributed by atoms with Gasteiger partial charge in [-0.25, -0.2) is 18.9 Å². The van der Waals surface area contributed by atoms with E-state index in [1.807, 2.05) is 11.5 Å². The molecule has 2 aromatic heterocycles. The van der Waals surface area contributed by atoms with Gasteiger partial charge in [-0.2, -0.15) is 8.42 Å². The van der Waals surface area contributed by atoms with Crippen molar-refractivity contribution in [2.75, 3.05) is 7.11 Å². The highest BCUT2D eigenvalue weighted by atomic mass is 79.9. The van der Waals surface area contributed by atoms with E-state index in [1.54, 1.807) is 30.5 Å². The summed E-state index contributed by atoms with van der Waals surface area (Å²) in [4.78, 5) is 38.8. The van der Waals surface area contributed by atoms with Gasteiger partial charge in [-0.15, -0.1) is 0 Å². The number of ether oxygens (including phenoxy) is 2. The van der Waals surface area contributed by atoms with Crippen LogP contribution < -0.4 is 0 Å². The van der Waals surface area contributed by atoms with Crippen molar-refractivity contribution in [3.8, 4) is 5.69 Å². The number of aliphatic imine (C=N–C) groups is 1. The van der Waals surface area contributed by atoms with Gasteiger partial charge in [0.15, 0.2) is 0 Å². The summed E-state index contributed by atoms with van der Waals surface area (Å²) >= 11 is 9.97. The lowest BCUT2D eigenvalue weighted by molar-refractivity contribution is -0.176. The first-order valence-corrected chi connectivity index (χ1v) is 14.7. The SMILES string of the molecule is COC(=O)C(C)(C)OC(=O)CC[C@@H]1N=C(c2cccc(COS(=O)(=O)O)n2)c2cc(Br)c(Cl)cc2-n2c(C)cnc21. The van der Waals surface area contributed by atoms with Crippen LogP contribution in [0.1, 0.15) is 61.2 Å². The maximum atomic E-state index is 12.8. The molecule has 218 valence electrons. The highest BCUT2D eigenvalue weighted by Gasteiger charge is 2.34. The number of hydrogen-bond donors (Lipinski definition) is 1. The molecule has 3 heterocycles. The van der Waals surface area contributed by atoms with Gasteiger partial charge < -0.3 is 9.47 Å². The number of aromatic nitrogens is 3. The smallest absolute Gasteiger partial charge is 0.397 e. The van der Waals surface area contributed by atoms with Crippen LogP contribution in [0.15, 0.2) is 46.0 Å². The Labute approximate surface area is 249 Å². The standard InChI is InChI=1S/C26H26BrClN4O8S/c1-14-12-29-24-20(8-9-22(33)40-26(2,3)25(34)38-4)31-23(16-10-17(27)18(28)11-21(16)32(14)24)19-7-5-6-15(30-19)13-39-41(35,36)37/h5-7,10-12,20H,8-9,13H2,1-4H3,(H,35,36,37)/t20-/m0/s1. The molecule has 1 atom stereocenters. The molecule has 41 heavy (non-hydrogen) atoms. The van der Waals surface area contributed by atoms with Crippen LogP contribution in [-0.2, 0) is 40.3 Å². The van der Waals surface area contributed by atoms with Crippen molar-refractivity contribution < 1.29 is 36.2 Å². The zero-order chi connectivity index (χ0) is 30.1. The van der Waals surface area contributed by atoms with Crippen LogP contribution in [0.5, 0.6) is 0 Å². The molecule has 0 radical (unpaired) electrons. The first-order valence-electron chi connectivity index (χ1n) is 12.2. The summed E-state index contributed by atoms with van der Waals surface area (Å²) in [6.07, 6.45) is 1.77. The fourth-order valence-electron chi connectivity index (χ4n) is 4.30. The number of pyridine rings is 1. The van der Waals surface area contributed by atoms with Crippen molar-refractivity contribution in [3.63, 3.8) is 0 Å². The number of imidazole rings is 1. The first kappa shape index (κ1) is 30.8. The molecule has 1 aliphatic rings. The number of halogens is 2. The van der Waals surface area contributed by atoms with Gasteiger partial charge in [-0.3, -0.25) is 18.9 Å². The molecule has 1 aromatic carbocycles. The van der Waals surface area contributed by atoms with Gasteiger partial charge in [-0.1, -0.05) is 17.7 Å². The maximum absolute atomic E-state index is 12.8. The van der Waals surface area contributed by atoms with E-state index in [1.165, 1.54) is 27.0 Å². The zero-order valence-corrected chi connectivity index (χ0v) is 25.6. The lowest BCUT2D eigenvalue weighted by atomic mass is 10.0. The van der Waals surface area contributed by atoms with Crippen LogP contribution in [0, 0.1) is 6.92 Å². The van der Waals surface area contributed by atoms with Crippen molar-refractivity contribution in [1.82, 2.24) is 14.5 Å². The Morgan fingerprint density at radius 1 is 1.24 bits per heavy atom. The molecule has 0 aliphatic carbocycles. The molecule has 0 saturated carbocycles. The lowest BCUT2D eigenvalue weighted by Gasteiger charge is -2.22. The molecular weight excluding hydrogens is 644 g/mol. The lowest BCUT2D eigenvalue weighted by Crippen LogP contribution is -2.38. The second-order valence-corrected chi connectivity index (χ2v) is 11.9. The van der Waals surface area contributed by atoms with E-state index < -0.39 is 40.6 Å². The van der Waals surface area contributed by atoms with Crippen molar-refractivity contribution in [2.24, 2.45) is 4.99 Å². The highest BCUT2D eigenvalue weighted by molar-refractivity contribution is 9.10. The molecule has 3 aromatic rings. The van der Waals surface area contributed by atoms with Gasteiger partial charge >= 0.3 is 22.3 Å². The third-order valence-electron chi connectivity index (χ3n) is 6.16. The minimum absolute atomic E-state index is 0.0930. The van der Waals surface area contributed by atoms with Gasteiger partial charge in [-0.05, 0) is 67.4 Å². The van der Waals surface area contributed by atoms with E-state index in [0.29, 0.717) is 38.0 Å². The molecule has 12 nitrogen and oxygen atoms in total. The van der Waals surface area contributed by atoms with Crippen LogP contribution >= 0.6 is 27.5 Å². The zero-order valence-electron chi connectivity index (χ0n) is 22.4. The molecule has 0 amide bonds. The molecule has 1 N–H and O–H groups in total. The maximum Gasteiger partial charge on any atom is 0.397 e. The molecule has 4 rings (SSSR count). The monoisotopic (exact) mass is 668 g/mol. The van der Waals surface area contributed by atoms with E-state index in [9.17, 15) is 18.0 Å². The molecular formula is C26H26BrClN4O8S. The van der Waals surface area contributed by atoms with E-state index in [2.05, 4.69) is 30.1 Å². The molecule has 0 spiro atoms. The minimum atomic E-state index is -4.68. The van der Waals surface area contributed by atoms with E-state index >= 15 is 0 Å². The number of esters is 2. The van der Waals surface area contributed by atoms with Crippen LogP contribution in [0.4, 0.5) is 0 Å². The van der Waals surface area contributed by atoms with E-state index in [4.69, 9.17) is 30.6 Å². The summed E-state index contributed by atoms with van der Waals surface area (Å²) in [5.41, 5.74) is 1.65. The Morgan fingerprint density at radius 2 is 1.98 bits per heavy atom. The Kier molecular flexibility index (Phi) is 8.99. The van der Waals surface area contributed by atoms with Crippen LogP contribution in [0.2, 0.25) is 5.02 Å². The van der Waals surface area contributed by atoms with Gasteiger partial charge in [0.25, 0.3) is 0 Å². The minimum Gasteiger partial charge on any atom is -0.466 e. The molecule has 0 bridgehead atoms. The second-order valence-electron chi connectivity index (χ2n) is 9.59. The van der Waals surface area contributed by atoms with Crippen LogP contribution in [-0.4, -0.2) is 57.9 Å². The topological polar surface area (TPSA) is 159 Å². The van der Waals surface area contributed by atoms with Crippen molar-refractivity contribution in [1.29, 1.82) is 0 Å². The number of carbonyl (C=O) groups excluding carboxylic acids is 2. The quantitative estimate of drug-likeness (QED) is 0.254. The van der Waals surface area contributed by atoms with Crippen LogP contribution in [0.25, 0.3) is 5.69 Å². The average Bonchev–Trinajstić information content (AvgIpc) is 3.22. The first-order chi connectivity index (χ1) is 19.2. The van der Waals surface area contributed by atoms with Gasteiger partial charge in [0.1, 0.15) is 18.5 Å². The van der Waals surface area contributed by atoms with E-state index in [0.717, 1.165) is 5.69 Å². The van der Waals surface area contributed by atoms with Crippen molar-refractivity contribution in [3.05, 3.63) is 74.5 Å². The molecule has 0 unspecified atom stereocenters. The molecule has 15 heteroatoms. The number of hydrogen-bond acceptors (Lipinski definition) is 10.